The monoisotopic (exact) mass is 567 g/mol. The number of aromatic nitrogens is 6. The number of hydrogen-bond acceptors (Lipinski definition) is 9. The Morgan fingerprint density at radius 1 is 0.878 bits per heavy atom. The molecule has 3 heterocycles. The third-order valence-corrected chi connectivity index (χ3v) is 7.07. The molecule has 4 rings (SSSR count). The molecule has 2 aromatic heterocycles. The third-order valence-electron chi connectivity index (χ3n) is 7.07. The van der Waals surface area contributed by atoms with E-state index in [1.807, 2.05) is 13.8 Å². The van der Waals surface area contributed by atoms with Crippen LogP contribution in [-0.4, -0.2) is 82.1 Å². The Morgan fingerprint density at radius 2 is 1.41 bits per heavy atom. The molecular formula is C27H33N7O7. The van der Waals surface area contributed by atoms with Crippen LogP contribution in [0.25, 0.3) is 22.5 Å². The van der Waals surface area contributed by atoms with Crippen molar-refractivity contribution in [3.05, 3.63) is 36.2 Å². The van der Waals surface area contributed by atoms with Gasteiger partial charge in [0.15, 0.2) is 17.9 Å². The highest BCUT2D eigenvalue weighted by Gasteiger charge is 2.27. The molecule has 0 radical (unpaired) electrons. The van der Waals surface area contributed by atoms with Crippen molar-refractivity contribution in [1.29, 1.82) is 0 Å². The number of rotatable bonds is 13. The summed E-state index contributed by atoms with van der Waals surface area (Å²) in [4.78, 5) is 48.2. The van der Waals surface area contributed by atoms with Gasteiger partial charge in [0.2, 0.25) is 0 Å². The molecule has 0 bridgehead atoms. The fourth-order valence-corrected chi connectivity index (χ4v) is 4.91. The highest BCUT2D eigenvalue weighted by atomic mass is 16.4. The molecule has 2 atom stereocenters. The van der Waals surface area contributed by atoms with Crippen LogP contribution in [0.2, 0.25) is 0 Å². The zero-order valence-corrected chi connectivity index (χ0v) is 22.8. The molecule has 3 aromatic rings. The normalized spacial score (nSPS) is 15.5. The van der Waals surface area contributed by atoms with Crippen molar-refractivity contribution in [3.63, 3.8) is 0 Å². The van der Waals surface area contributed by atoms with E-state index in [0.29, 0.717) is 41.6 Å². The van der Waals surface area contributed by atoms with Crippen molar-refractivity contribution in [2.24, 2.45) is 11.8 Å². The lowest BCUT2D eigenvalue weighted by atomic mass is 9.88. The minimum Gasteiger partial charge on any atom is -0.481 e. The average molecular weight is 568 g/mol. The molecule has 218 valence electrons. The number of hydrogen-bond donors (Lipinski definition) is 4. The van der Waals surface area contributed by atoms with E-state index in [4.69, 9.17) is 5.11 Å². The first-order chi connectivity index (χ1) is 19.5. The highest BCUT2D eigenvalue weighted by molar-refractivity contribution is 6.00. The molecule has 0 saturated carbocycles. The number of benzene rings is 1. The maximum atomic E-state index is 13.5. The molecule has 14 nitrogen and oxygen atoms in total. The molecule has 1 aliphatic rings. The second kappa shape index (κ2) is 12.8. The Bertz CT molecular complexity index is 1420. The SMILES string of the molecule is CC(C)C[C@@H](C(=O)O)n1cc(-c2cc(C(=O)C3CCNCC3)cc(-c3cn([C@@H](CCC(=O)O)C(=O)O)nn3)c2)nn1. The second-order valence-corrected chi connectivity index (χ2v) is 10.6. The van der Waals surface area contributed by atoms with Crippen LogP contribution in [0.3, 0.4) is 0 Å². The van der Waals surface area contributed by atoms with Crippen molar-refractivity contribution >= 4 is 23.7 Å². The van der Waals surface area contributed by atoms with Crippen molar-refractivity contribution < 1.29 is 34.5 Å². The van der Waals surface area contributed by atoms with E-state index in [-0.39, 0.29) is 36.2 Å². The van der Waals surface area contributed by atoms with Gasteiger partial charge in [-0.25, -0.2) is 19.0 Å². The summed E-state index contributed by atoms with van der Waals surface area (Å²) in [5, 5.41) is 47.9. The van der Waals surface area contributed by atoms with Crippen LogP contribution in [-0.2, 0) is 14.4 Å². The Labute approximate surface area is 235 Å². The van der Waals surface area contributed by atoms with Crippen LogP contribution in [0.15, 0.2) is 30.6 Å². The largest absolute Gasteiger partial charge is 0.481 e. The maximum absolute atomic E-state index is 13.5. The highest BCUT2D eigenvalue weighted by Crippen LogP contribution is 2.30. The molecule has 1 aliphatic heterocycles. The first-order valence-corrected chi connectivity index (χ1v) is 13.4. The lowest BCUT2D eigenvalue weighted by Crippen LogP contribution is -2.31. The summed E-state index contributed by atoms with van der Waals surface area (Å²) in [6, 6.07) is 2.91. The van der Waals surface area contributed by atoms with Crippen molar-refractivity contribution in [3.8, 4) is 22.5 Å². The number of carbonyl (C=O) groups excluding carboxylic acids is 1. The molecule has 41 heavy (non-hydrogen) atoms. The predicted molar refractivity (Wildman–Crippen MR) is 144 cm³/mol. The number of carboxylic acids is 3. The molecule has 0 spiro atoms. The van der Waals surface area contributed by atoms with Gasteiger partial charge in [-0.05, 0) is 62.9 Å². The Balaban J connectivity index is 1.74. The summed E-state index contributed by atoms with van der Waals surface area (Å²) < 4.78 is 2.40. The molecular weight excluding hydrogens is 534 g/mol. The summed E-state index contributed by atoms with van der Waals surface area (Å²) in [6.45, 7) is 5.29. The van der Waals surface area contributed by atoms with Gasteiger partial charge in [0.1, 0.15) is 11.4 Å². The van der Waals surface area contributed by atoms with E-state index in [0.717, 1.165) is 17.8 Å². The second-order valence-electron chi connectivity index (χ2n) is 10.6. The minimum absolute atomic E-state index is 0.0533. The van der Waals surface area contributed by atoms with Gasteiger partial charge in [-0.3, -0.25) is 9.59 Å². The molecule has 1 saturated heterocycles. The first-order valence-electron chi connectivity index (χ1n) is 13.4. The predicted octanol–water partition coefficient (Wildman–Crippen LogP) is 2.55. The zero-order valence-electron chi connectivity index (χ0n) is 22.8. The minimum atomic E-state index is -1.25. The van der Waals surface area contributed by atoms with E-state index < -0.39 is 30.0 Å². The smallest absolute Gasteiger partial charge is 0.328 e. The number of nitrogens with zero attached hydrogens (tertiary/aromatic N) is 6. The molecule has 0 aliphatic carbocycles. The molecule has 1 fully saturated rings. The molecule has 1 aromatic carbocycles. The summed E-state index contributed by atoms with van der Waals surface area (Å²) >= 11 is 0. The molecule has 0 unspecified atom stereocenters. The topological polar surface area (TPSA) is 202 Å². The number of carbonyl (C=O) groups is 4. The maximum Gasteiger partial charge on any atom is 0.328 e. The van der Waals surface area contributed by atoms with Crippen molar-refractivity contribution in [2.45, 2.75) is 58.0 Å². The molecule has 4 N–H and O–H groups in total. The third kappa shape index (κ3) is 7.20. The van der Waals surface area contributed by atoms with E-state index in [1.54, 1.807) is 18.2 Å². The van der Waals surface area contributed by atoms with Gasteiger partial charge in [0.25, 0.3) is 0 Å². The van der Waals surface area contributed by atoms with Crippen LogP contribution in [0, 0.1) is 11.8 Å². The van der Waals surface area contributed by atoms with Gasteiger partial charge in [-0.1, -0.05) is 24.3 Å². The summed E-state index contributed by atoms with van der Waals surface area (Å²) in [6.07, 6.45) is 4.11. The quantitative estimate of drug-likeness (QED) is 0.220. The van der Waals surface area contributed by atoms with E-state index in [2.05, 4.69) is 25.9 Å². The van der Waals surface area contributed by atoms with E-state index >= 15 is 0 Å². The summed E-state index contributed by atoms with van der Waals surface area (Å²) in [5.41, 5.74) is 2.03. The number of ketones is 1. The standard InChI is InChI=1S/C27H33N7O7/c1-15(2)9-23(27(40)41)34-14-21(30-32-34)18-10-17(11-19(12-18)25(37)16-5-7-28-8-6-16)20-13-33(31-29-20)22(26(38)39)3-4-24(35)36/h10-16,22-23,28H,3-9H2,1-2H3,(H,35,36)(H,38,39)(H,40,41)/t22-,23-/m0/s1. The average Bonchev–Trinajstić information content (AvgIpc) is 3.62. The van der Waals surface area contributed by atoms with Gasteiger partial charge in [0.05, 0.1) is 12.4 Å². The van der Waals surface area contributed by atoms with E-state index in [1.165, 1.54) is 17.1 Å². The number of Topliss-reactive ketones (excluding diaryl/α,β-unsaturated/α-hetero) is 1. The van der Waals surface area contributed by atoms with Crippen molar-refractivity contribution in [2.75, 3.05) is 13.1 Å². The van der Waals surface area contributed by atoms with Crippen LogP contribution >= 0.6 is 0 Å². The molecule has 0 amide bonds. The van der Waals surface area contributed by atoms with Crippen LogP contribution < -0.4 is 5.32 Å². The van der Waals surface area contributed by atoms with Gasteiger partial charge in [0, 0.05) is 29.0 Å². The van der Waals surface area contributed by atoms with E-state index in [9.17, 15) is 29.4 Å². The Morgan fingerprint density at radius 3 is 1.90 bits per heavy atom. The van der Waals surface area contributed by atoms with Crippen LogP contribution in [0.1, 0.15) is 68.4 Å². The van der Waals surface area contributed by atoms with Gasteiger partial charge < -0.3 is 20.6 Å². The number of carboxylic acid groups (broad SMARTS) is 3. The van der Waals surface area contributed by atoms with Gasteiger partial charge >= 0.3 is 17.9 Å². The Kier molecular flexibility index (Phi) is 9.22. The lowest BCUT2D eigenvalue weighted by Gasteiger charge is -2.21. The van der Waals surface area contributed by atoms with Crippen molar-refractivity contribution in [1.82, 2.24) is 35.3 Å². The Hall–Kier alpha value is -4.46. The summed E-state index contributed by atoms with van der Waals surface area (Å²) in [5.74, 6) is -3.53. The van der Waals surface area contributed by atoms with Gasteiger partial charge in [-0.15, -0.1) is 10.2 Å². The lowest BCUT2D eigenvalue weighted by molar-refractivity contribution is -0.143. The zero-order chi connectivity index (χ0) is 29.7. The summed E-state index contributed by atoms with van der Waals surface area (Å²) in [7, 11) is 0. The number of aliphatic carboxylic acids is 3. The first kappa shape index (κ1) is 29.5. The number of nitrogens with one attached hydrogen (secondary N) is 1. The number of piperidine rings is 1. The molecule has 14 heteroatoms. The van der Waals surface area contributed by atoms with Gasteiger partial charge in [-0.2, -0.15) is 0 Å². The fourth-order valence-electron chi connectivity index (χ4n) is 4.91. The van der Waals surface area contributed by atoms with Crippen LogP contribution in [0.5, 0.6) is 0 Å². The fraction of sp³-hybridized carbons (Fsp3) is 0.481. The van der Waals surface area contributed by atoms with Crippen LogP contribution in [0.4, 0.5) is 0 Å².